The van der Waals surface area contributed by atoms with Crippen LogP contribution in [0.2, 0.25) is 0 Å². The number of thiol groups is 1. The van der Waals surface area contributed by atoms with Crippen LogP contribution >= 0.6 is 16.0 Å². The van der Waals surface area contributed by atoms with Gasteiger partial charge in [0.05, 0.1) is 5.47 Å². The van der Waals surface area contributed by atoms with E-state index in [4.69, 9.17) is 11.8 Å². The van der Waals surface area contributed by atoms with E-state index in [1.165, 1.54) is 0 Å². The topological polar surface area (TPSA) is 20.2 Å². The third-order valence-corrected chi connectivity index (χ3v) is 14.6. The van der Waals surface area contributed by atoms with Crippen LogP contribution in [0.3, 0.4) is 0 Å². The molecule has 0 aromatic carbocycles. The monoisotopic (exact) mass is 256 g/mol. The zero-order valence-corrected chi connectivity index (χ0v) is 13.1. The lowest BCUT2D eigenvalue weighted by Gasteiger charge is -2.49. The summed E-state index contributed by atoms with van der Waals surface area (Å²) in [5.41, 5.74) is -2.13. The fourth-order valence-corrected chi connectivity index (χ4v) is 17.1. The Labute approximate surface area is 96.9 Å². The molecule has 1 N–H and O–H groups in total. The summed E-state index contributed by atoms with van der Waals surface area (Å²) < 4.78 is 0.293. The minimum Gasteiger partial charge on any atom is -0.358 e. The average Bonchev–Trinajstić information content (AvgIpc) is 1.79. The van der Waals surface area contributed by atoms with E-state index in [0.717, 1.165) is 6.16 Å². The minimum atomic E-state index is -2.13. The first kappa shape index (κ1) is 15.0. The van der Waals surface area contributed by atoms with E-state index in [0.29, 0.717) is 0 Å². The van der Waals surface area contributed by atoms with Crippen molar-refractivity contribution in [2.75, 3.05) is 6.16 Å². The van der Waals surface area contributed by atoms with E-state index < -0.39 is 16.0 Å². The Balaban J connectivity index is 5.26. The van der Waals surface area contributed by atoms with Gasteiger partial charge in [0, 0.05) is 6.16 Å². The molecule has 0 bridgehead atoms. The maximum absolute atomic E-state index is 10.4. The standard InChI is InChI=1S/C10H25OPS2/c1-8-12(11,13)14(9(2,3)4)10(5,6)7/h14H,8H2,1-7H3,(H,11,13). The predicted octanol–water partition coefficient (Wildman–Crippen LogP) is 3.91. The largest absolute Gasteiger partial charge is 0.358 e. The average molecular weight is 256 g/mol. The molecule has 0 spiro atoms. The van der Waals surface area contributed by atoms with Crippen molar-refractivity contribution in [2.45, 2.75) is 58.0 Å². The van der Waals surface area contributed by atoms with Gasteiger partial charge in [0.25, 0.3) is 0 Å². The molecule has 14 heavy (non-hydrogen) atoms. The summed E-state index contributed by atoms with van der Waals surface area (Å²) in [6, 6.07) is 0. The van der Waals surface area contributed by atoms with Crippen molar-refractivity contribution in [2.24, 2.45) is 0 Å². The number of hydrogen-bond acceptors (Lipinski definition) is 1. The first-order valence-corrected chi connectivity index (χ1v) is 10.0. The highest BCUT2D eigenvalue weighted by molar-refractivity contribution is 8.78. The molecule has 1 unspecified atom stereocenters. The van der Waals surface area contributed by atoms with E-state index in [1.54, 1.807) is 0 Å². The van der Waals surface area contributed by atoms with Crippen LogP contribution in [-0.4, -0.2) is 20.5 Å². The molecule has 0 rings (SSSR count). The molecule has 0 aromatic heterocycles. The van der Waals surface area contributed by atoms with E-state index in [-0.39, 0.29) is 9.49 Å². The highest BCUT2D eigenvalue weighted by Gasteiger charge is 2.39. The predicted molar refractivity (Wildman–Crippen MR) is 75.5 cm³/mol. The van der Waals surface area contributed by atoms with Crippen molar-refractivity contribution < 1.29 is 4.89 Å². The van der Waals surface area contributed by atoms with Gasteiger partial charge in [-0.3, -0.25) is 0 Å². The normalized spacial score (nSPS) is 19.0. The lowest BCUT2D eigenvalue weighted by Crippen LogP contribution is -2.28. The van der Waals surface area contributed by atoms with Crippen molar-refractivity contribution in [3.8, 4) is 0 Å². The zero-order valence-electron chi connectivity index (χ0n) is 10.5. The number of rotatable bonds is 2. The minimum absolute atomic E-state index is 0.147. The maximum Gasteiger partial charge on any atom is 0.0981 e. The fourth-order valence-electron chi connectivity index (χ4n) is 2.09. The van der Waals surface area contributed by atoms with Gasteiger partial charge in [-0.25, -0.2) is 0 Å². The van der Waals surface area contributed by atoms with Gasteiger partial charge in [-0.05, 0) is 9.49 Å². The van der Waals surface area contributed by atoms with E-state index in [9.17, 15) is 4.89 Å². The lowest BCUT2D eigenvalue weighted by molar-refractivity contribution is 0.634. The van der Waals surface area contributed by atoms with Crippen LogP contribution in [0.4, 0.5) is 0 Å². The summed E-state index contributed by atoms with van der Waals surface area (Å²) in [5.74, 6) is 0. The molecule has 1 atom stereocenters. The fraction of sp³-hybridized carbons (Fsp3) is 1.00. The molecule has 0 aromatic rings. The van der Waals surface area contributed by atoms with Crippen LogP contribution in [0.5, 0.6) is 0 Å². The van der Waals surface area contributed by atoms with Gasteiger partial charge in [0.1, 0.15) is 0 Å². The van der Waals surface area contributed by atoms with Crippen LogP contribution < -0.4 is 0 Å². The summed E-state index contributed by atoms with van der Waals surface area (Å²) >= 11 is 5.46. The van der Waals surface area contributed by atoms with Crippen molar-refractivity contribution in [3.63, 3.8) is 0 Å². The van der Waals surface area contributed by atoms with E-state index in [2.05, 4.69) is 41.5 Å². The van der Waals surface area contributed by atoms with Crippen molar-refractivity contribution in [1.29, 1.82) is 0 Å². The Morgan fingerprint density at radius 1 is 1.07 bits per heavy atom. The molecule has 0 fully saturated rings. The molecule has 0 aliphatic carbocycles. The Morgan fingerprint density at radius 3 is 1.43 bits per heavy atom. The van der Waals surface area contributed by atoms with Gasteiger partial charge in [-0.2, -0.15) is 10.5 Å². The van der Waals surface area contributed by atoms with Gasteiger partial charge in [0.2, 0.25) is 0 Å². The number of hydrogen-bond donors (Lipinski definition) is 2. The first-order chi connectivity index (χ1) is 5.93. The summed E-state index contributed by atoms with van der Waals surface area (Å²) in [6.45, 7) is 15.3. The second-order valence-corrected chi connectivity index (χ2v) is 16.7. The van der Waals surface area contributed by atoms with Gasteiger partial charge in [-0.1, -0.05) is 60.3 Å². The molecule has 0 heterocycles. The summed E-state index contributed by atoms with van der Waals surface area (Å²) in [4.78, 5) is 10.4. The second-order valence-electron chi connectivity index (χ2n) is 5.63. The summed E-state index contributed by atoms with van der Waals surface area (Å²) in [5, 5.41) is 0. The van der Waals surface area contributed by atoms with Crippen LogP contribution in [0.15, 0.2) is 0 Å². The Morgan fingerprint density at radius 2 is 1.36 bits per heavy atom. The van der Waals surface area contributed by atoms with Gasteiger partial charge in [-0.15, -0.1) is 0 Å². The molecule has 4 heteroatoms. The van der Waals surface area contributed by atoms with Crippen molar-refractivity contribution in [1.82, 2.24) is 0 Å². The molecule has 0 radical (unpaired) electrons. The van der Waals surface area contributed by atoms with Crippen LogP contribution in [0.25, 0.3) is 0 Å². The smallest absolute Gasteiger partial charge is 0.0981 e. The Kier molecular flexibility index (Phi) is 4.75. The molecule has 88 valence electrons. The van der Waals surface area contributed by atoms with Crippen LogP contribution in [0, 0.1) is 0 Å². The summed E-state index contributed by atoms with van der Waals surface area (Å²) in [7, 11) is -0.505. The summed E-state index contributed by atoms with van der Waals surface area (Å²) in [6.07, 6.45) is 0.766. The van der Waals surface area contributed by atoms with Crippen molar-refractivity contribution in [3.05, 3.63) is 0 Å². The Bertz CT molecular complexity index is 223. The van der Waals surface area contributed by atoms with Crippen LogP contribution in [0.1, 0.15) is 48.5 Å². The SMILES string of the molecule is CCP(O)(=S)[SH](C(C)(C)C)C(C)(C)C. The maximum atomic E-state index is 10.4. The van der Waals surface area contributed by atoms with Crippen molar-refractivity contribution >= 4 is 27.8 Å². The zero-order chi connectivity index (χ0) is 11.8. The highest BCUT2D eigenvalue weighted by atomic mass is 32.9. The van der Waals surface area contributed by atoms with E-state index in [1.807, 2.05) is 6.92 Å². The van der Waals surface area contributed by atoms with Crippen LogP contribution in [-0.2, 0) is 11.8 Å². The molecular weight excluding hydrogens is 231 g/mol. The first-order valence-electron chi connectivity index (χ1n) is 5.05. The second kappa shape index (κ2) is 4.45. The van der Waals surface area contributed by atoms with Gasteiger partial charge >= 0.3 is 0 Å². The molecule has 0 aliphatic rings. The van der Waals surface area contributed by atoms with E-state index >= 15 is 0 Å². The van der Waals surface area contributed by atoms with Gasteiger partial charge in [0.15, 0.2) is 0 Å². The molecule has 1 nitrogen and oxygen atoms in total. The molecular formula is C10H25OPS2. The molecule has 0 aliphatic heterocycles. The Hall–Kier alpha value is 0.960. The lowest BCUT2D eigenvalue weighted by atomic mass is 10.2. The quantitative estimate of drug-likeness (QED) is 0.577. The molecule has 0 saturated heterocycles. The highest BCUT2D eigenvalue weighted by Crippen LogP contribution is 2.76. The third-order valence-electron chi connectivity index (χ3n) is 2.00. The molecule has 0 amide bonds. The molecule has 0 saturated carbocycles. The third kappa shape index (κ3) is 3.84. The van der Waals surface area contributed by atoms with Gasteiger partial charge < -0.3 is 4.89 Å².